The van der Waals surface area contributed by atoms with Gasteiger partial charge in [0.1, 0.15) is 0 Å². The van der Waals surface area contributed by atoms with Gasteiger partial charge in [-0.25, -0.2) is 0 Å². The molecule has 1 aromatic heterocycles. The van der Waals surface area contributed by atoms with Crippen molar-refractivity contribution in [1.82, 2.24) is 15.1 Å². The van der Waals surface area contributed by atoms with E-state index in [9.17, 15) is 0 Å². The van der Waals surface area contributed by atoms with Gasteiger partial charge in [-0.1, -0.05) is 0 Å². The van der Waals surface area contributed by atoms with Gasteiger partial charge in [0.25, 0.3) is 0 Å². The molecule has 1 aromatic rings. The van der Waals surface area contributed by atoms with Crippen LogP contribution >= 0.6 is 0 Å². The van der Waals surface area contributed by atoms with Crippen molar-refractivity contribution >= 4 is 0 Å². The second-order valence-corrected chi connectivity index (χ2v) is 7.25. The molecular formula is C17H31N3O. The Balaban J connectivity index is 1.88. The van der Waals surface area contributed by atoms with Crippen LogP contribution in [-0.2, 0) is 17.8 Å². The van der Waals surface area contributed by atoms with Gasteiger partial charge in [0.15, 0.2) is 0 Å². The summed E-state index contributed by atoms with van der Waals surface area (Å²) in [5.74, 6) is 0. The standard InChI is InChI=1S/C17H31N3O/c1-13-16(12-18-17(3,4)5)14(2)20(19-13)10-6-8-15-9-7-11-21-15/h15,18H,6-12H2,1-5H3. The fourth-order valence-electron chi connectivity index (χ4n) is 2.90. The number of rotatable bonds is 6. The Morgan fingerprint density at radius 2 is 2.10 bits per heavy atom. The van der Waals surface area contributed by atoms with Crippen LogP contribution in [0.4, 0.5) is 0 Å². The molecule has 4 nitrogen and oxygen atoms in total. The van der Waals surface area contributed by atoms with Crippen LogP contribution in [0.15, 0.2) is 0 Å². The third kappa shape index (κ3) is 4.82. The first kappa shape index (κ1) is 16.5. The number of nitrogens with one attached hydrogen (secondary N) is 1. The Morgan fingerprint density at radius 1 is 1.33 bits per heavy atom. The van der Waals surface area contributed by atoms with Crippen LogP contribution in [0.5, 0.6) is 0 Å². The zero-order valence-electron chi connectivity index (χ0n) is 14.3. The van der Waals surface area contributed by atoms with Gasteiger partial charge in [0.2, 0.25) is 0 Å². The Labute approximate surface area is 129 Å². The van der Waals surface area contributed by atoms with Crippen molar-refractivity contribution in [2.24, 2.45) is 0 Å². The molecule has 2 heterocycles. The normalized spacial score (nSPS) is 19.4. The Hall–Kier alpha value is -0.870. The molecule has 0 radical (unpaired) electrons. The summed E-state index contributed by atoms with van der Waals surface area (Å²) in [6.07, 6.45) is 5.27. The molecule has 1 saturated heterocycles. The highest BCUT2D eigenvalue weighted by Crippen LogP contribution is 2.19. The van der Waals surface area contributed by atoms with Crippen molar-refractivity contribution in [2.45, 2.75) is 85.0 Å². The van der Waals surface area contributed by atoms with Crippen molar-refractivity contribution in [2.75, 3.05) is 6.61 Å². The molecule has 1 aliphatic heterocycles. The summed E-state index contributed by atoms with van der Waals surface area (Å²) in [5, 5.41) is 8.27. The van der Waals surface area contributed by atoms with Crippen LogP contribution in [0.2, 0.25) is 0 Å². The van der Waals surface area contributed by atoms with E-state index in [-0.39, 0.29) is 5.54 Å². The molecule has 0 saturated carbocycles. The maximum absolute atomic E-state index is 5.69. The lowest BCUT2D eigenvalue weighted by molar-refractivity contribution is 0.101. The first-order valence-corrected chi connectivity index (χ1v) is 8.26. The predicted molar refractivity (Wildman–Crippen MR) is 86.5 cm³/mol. The Kier molecular flexibility index (Phi) is 5.44. The minimum atomic E-state index is 0.140. The smallest absolute Gasteiger partial charge is 0.0641 e. The van der Waals surface area contributed by atoms with E-state index in [2.05, 4.69) is 44.6 Å². The van der Waals surface area contributed by atoms with E-state index < -0.39 is 0 Å². The molecule has 0 aromatic carbocycles. The minimum Gasteiger partial charge on any atom is -0.378 e. The molecule has 0 amide bonds. The van der Waals surface area contributed by atoms with Crippen molar-refractivity contribution in [3.63, 3.8) is 0 Å². The van der Waals surface area contributed by atoms with Crippen LogP contribution in [0.3, 0.4) is 0 Å². The quantitative estimate of drug-likeness (QED) is 0.874. The number of aromatic nitrogens is 2. The molecule has 1 atom stereocenters. The van der Waals surface area contributed by atoms with Crippen LogP contribution in [0.25, 0.3) is 0 Å². The summed E-state index contributed by atoms with van der Waals surface area (Å²) in [6.45, 7) is 13.7. The SMILES string of the molecule is Cc1nn(CCCC2CCCO2)c(C)c1CNC(C)(C)C. The van der Waals surface area contributed by atoms with Crippen molar-refractivity contribution < 1.29 is 4.74 Å². The van der Waals surface area contributed by atoms with Crippen LogP contribution in [0, 0.1) is 13.8 Å². The summed E-state index contributed by atoms with van der Waals surface area (Å²) in [5.41, 5.74) is 3.95. The average Bonchev–Trinajstić information content (AvgIpc) is 2.97. The van der Waals surface area contributed by atoms with Crippen LogP contribution in [0.1, 0.15) is 63.4 Å². The molecule has 120 valence electrons. The van der Waals surface area contributed by atoms with Gasteiger partial charge < -0.3 is 10.1 Å². The van der Waals surface area contributed by atoms with Crippen LogP contribution < -0.4 is 5.32 Å². The molecule has 1 N–H and O–H groups in total. The van der Waals surface area contributed by atoms with Gasteiger partial charge >= 0.3 is 0 Å². The second kappa shape index (κ2) is 6.93. The van der Waals surface area contributed by atoms with Crippen molar-refractivity contribution in [3.05, 3.63) is 17.0 Å². The van der Waals surface area contributed by atoms with Gasteiger partial charge in [-0.2, -0.15) is 5.10 Å². The molecule has 21 heavy (non-hydrogen) atoms. The largest absolute Gasteiger partial charge is 0.378 e. The monoisotopic (exact) mass is 293 g/mol. The topological polar surface area (TPSA) is 39.1 Å². The first-order valence-electron chi connectivity index (χ1n) is 8.26. The zero-order valence-corrected chi connectivity index (χ0v) is 14.3. The summed E-state index contributed by atoms with van der Waals surface area (Å²) < 4.78 is 7.86. The van der Waals surface area contributed by atoms with E-state index in [4.69, 9.17) is 9.84 Å². The predicted octanol–water partition coefficient (Wildman–Crippen LogP) is 3.35. The molecule has 1 aliphatic rings. The lowest BCUT2D eigenvalue weighted by atomic mass is 10.1. The molecular weight excluding hydrogens is 262 g/mol. The van der Waals surface area contributed by atoms with Gasteiger partial charge in [-0.05, 0) is 60.3 Å². The first-order chi connectivity index (χ1) is 9.87. The fourth-order valence-corrected chi connectivity index (χ4v) is 2.90. The number of aryl methyl sites for hydroxylation is 2. The van der Waals surface area contributed by atoms with Crippen molar-refractivity contribution in [3.8, 4) is 0 Å². The lowest BCUT2D eigenvalue weighted by Gasteiger charge is -2.20. The highest BCUT2D eigenvalue weighted by atomic mass is 16.5. The third-order valence-electron chi connectivity index (χ3n) is 4.25. The van der Waals surface area contributed by atoms with Gasteiger partial charge in [0.05, 0.1) is 11.8 Å². The van der Waals surface area contributed by atoms with Gasteiger partial charge in [0, 0.05) is 36.5 Å². The second-order valence-electron chi connectivity index (χ2n) is 7.25. The van der Waals surface area contributed by atoms with Crippen molar-refractivity contribution in [1.29, 1.82) is 0 Å². The molecule has 0 spiro atoms. The molecule has 0 aliphatic carbocycles. The lowest BCUT2D eigenvalue weighted by Crippen LogP contribution is -2.35. The summed E-state index contributed by atoms with van der Waals surface area (Å²) >= 11 is 0. The summed E-state index contributed by atoms with van der Waals surface area (Å²) in [7, 11) is 0. The maximum Gasteiger partial charge on any atom is 0.0641 e. The summed E-state index contributed by atoms with van der Waals surface area (Å²) in [6, 6.07) is 0. The number of hydrogen-bond donors (Lipinski definition) is 1. The summed E-state index contributed by atoms with van der Waals surface area (Å²) in [4.78, 5) is 0. The molecule has 1 fully saturated rings. The Bertz CT molecular complexity index is 453. The van der Waals surface area contributed by atoms with E-state index in [1.807, 2.05) is 0 Å². The van der Waals surface area contributed by atoms with E-state index in [1.165, 1.54) is 24.1 Å². The molecule has 1 unspecified atom stereocenters. The number of ether oxygens (including phenoxy) is 1. The van der Waals surface area contributed by atoms with Gasteiger partial charge in [-0.3, -0.25) is 4.68 Å². The molecule has 4 heteroatoms. The fraction of sp³-hybridized carbons (Fsp3) is 0.824. The highest BCUT2D eigenvalue weighted by molar-refractivity contribution is 5.24. The van der Waals surface area contributed by atoms with E-state index in [1.54, 1.807) is 0 Å². The van der Waals surface area contributed by atoms with E-state index in [0.29, 0.717) is 6.10 Å². The number of nitrogens with zero attached hydrogens (tertiary/aromatic N) is 2. The van der Waals surface area contributed by atoms with E-state index >= 15 is 0 Å². The average molecular weight is 293 g/mol. The third-order valence-corrected chi connectivity index (χ3v) is 4.25. The minimum absolute atomic E-state index is 0.140. The van der Waals surface area contributed by atoms with Crippen LogP contribution in [-0.4, -0.2) is 28.0 Å². The highest BCUT2D eigenvalue weighted by Gasteiger charge is 2.17. The van der Waals surface area contributed by atoms with Gasteiger partial charge in [-0.15, -0.1) is 0 Å². The molecule has 2 rings (SSSR count). The van der Waals surface area contributed by atoms with E-state index in [0.717, 1.165) is 38.2 Å². The number of hydrogen-bond acceptors (Lipinski definition) is 3. The maximum atomic E-state index is 5.69. The molecule has 0 bridgehead atoms. The zero-order chi connectivity index (χ0) is 15.5. The Morgan fingerprint density at radius 3 is 2.71 bits per heavy atom.